The highest BCUT2D eigenvalue weighted by Crippen LogP contribution is 2.49. The fraction of sp³-hybridized carbons (Fsp3) is 0.727. The minimum Gasteiger partial charge on any atom is -0.389 e. The van der Waals surface area contributed by atoms with E-state index in [1.807, 2.05) is 19.9 Å². The molecule has 0 bridgehead atoms. The molecule has 0 saturated carbocycles. The van der Waals surface area contributed by atoms with Gasteiger partial charge in [-0.3, -0.25) is 0 Å². The third-order valence-electron chi connectivity index (χ3n) is 5.95. The Labute approximate surface area is 176 Å². The number of hydrogen-bond acceptors (Lipinski definition) is 4. The van der Waals surface area contributed by atoms with Crippen molar-refractivity contribution >= 4 is 17.9 Å². The quantitative estimate of drug-likeness (QED) is 0.377. The van der Waals surface area contributed by atoms with Crippen LogP contribution in [0.4, 0.5) is 0 Å². The summed E-state index contributed by atoms with van der Waals surface area (Å²) in [7, 11) is 4.67. The second-order valence-corrected chi connectivity index (χ2v) is 8.90. The standard InChI is InChI=1S/2C11H18O2.H4P2/c1-5-9-8(2)11(7-12-11)6-10(3,4)13-9;1-5-10(12)9(4)11(7-13-11)6-8(2)3;1-2/h5,8-9H,1,6-7H2,2-4H3;5,9-10,12H,1-2,6-7H2,3-4H3;1-2H2/t8-,9-,11-;9-,10-,11-;/m11./s1. The zero-order chi connectivity index (χ0) is 21.8. The van der Waals surface area contributed by atoms with E-state index in [1.54, 1.807) is 6.08 Å². The summed E-state index contributed by atoms with van der Waals surface area (Å²) < 4.78 is 16.9. The third-order valence-corrected chi connectivity index (χ3v) is 5.95. The Bertz CT molecular complexity index is 553. The smallest absolute Gasteiger partial charge is 0.101 e. The lowest BCUT2D eigenvalue weighted by Crippen LogP contribution is -2.49. The van der Waals surface area contributed by atoms with Gasteiger partial charge in [-0.1, -0.05) is 31.6 Å². The van der Waals surface area contributed by atoms with Crippen molar-refractivity contribution in [3.63, 3.8) is 0 Å². The maximum absolute atomic E-state index is 9.59. The highest BCUT2D eigenvalue weighted by molar-refractivity contribution is 7.92. The lowest BCUT2D eigenvalue weighted by atomic mass is 9.78. The van der Waals surface area contributed by atoms with Gasteiger partial charge in [0.25, 0.3) is 0 Å². The van der Waals surface area contributed by atoms with Gasteiger partial charge in [-0.05, 0) is 27.2 Å². The molecule has 0 aromatic heterocycles. The second kappa shape index (κ2) is 10.3. The van der Waals surface area contributed by atoms with Crippen LogP contribution in [0, 0.1) is 11.8 Å². The van der Waals surface area contributed by atoms with Crippen LogP contribution in [0.25, 0.3) is 0 Å². The van der Waals surface area contributed by atoms with Gasteiger partial charge < -0.3 is 19.3 Å². The molecule has 28 heavy (non-hydrogen) atoms. The van der Waals surface area contributed by atoms with E-state index in [9.17, 15) is 5.11 Å². The molecule has 3 aliphatic heterocycles. The van der Waals surface area contributed by atoms with Crippen molar-refractivity contribution in [2.24, 2.45) is 11.8 Å². The van der Waals surface area contributed by atoms with Crippen molar-refractivity contribution in [2.45, 2.75) is 76.5 Å². The van der Waals surface area contributed by atoms with Crippen molar-refractivity contribution < 1.29 is 19.3 Å². The number of hydrogen-bond donors (Lipinski definition) is 1. The van der Waals surface area contributed by atoms with Crippen LogP contribution in [0.5, 0.6) is 0 Å². The van der Waals surface area contributed by atoms with Gasteiger partial charge in [0.2, 0.25) is 0 Å². The van der Waals surface area contributed by atoms with E-state index in [1.165, 1.54) is 0 Å². The Morgan fingerprint density at radius 1 is 1.25 bits per heavy atom. The first kappa shape index (κ1) is 26.0. The Hall–Kier alpha value is -0.0800. The number of aliphatic hydroxyl groups excluding tert-OH is 1. The zero-order valence-electron chi connectivity index (χ0n) is 18.2. The molecule has 3 aliphatic rings. The molecule has 0 aromatic rings. The van der Waals surface area contributed by atoms with Gasteiger partial charge in [-0.15, -0.1) is 37.6 Å². The first-order valence-electron chi connectivity index (χ1n) is 9.87. The van der Waals surface area contributed by atoms with Crippen LogP contribution in [0.3, 0.4) is 0 Å². The zero-order valence-corrected chi connectivity index (χ0v) is 20.5. The van der Waals surface area contributed by atoms with Crippen molar-refractivity contribution in [1.29, 1.82) is 0 Å². The van der Waals surface area contributed by atoms with Gasteiger partial charge in [0.15, 0.2) is 0 Å². The first-order valence-corrected chi connectivity index (χ1v) is 12.5. The largest absolute Gasteiger partial charge is 0.389 e. The van der Waals surface area contributed by atoms with Crippen LogP contribution in [0.1, 0.15) is 47.5 Å². The van der Waals surface area contributed by atoms with Gasteiger partial charge in [-0.2, -0.15) is 0 Å². The molecule has 6 heteroatoms. The number of rotatable bonds is 6. The third kappa shape index (κ3) is 6.46. The maximum Gasteiger partial charge on any atom is 0.101 e. The topological polar surface area (TPSA) is 54.5 Å². The molecule has 162 valence electrons. The minimum atomic E-state index is -0.484. The van der Waals surface area contributed by atoms with E-state index < -0.39 is 6.10 Å². The predicted molar refractivity (Wildman–Crippen MR) is 125 cm³/mol. The Kier molecular flexibility index (Phi) is 9.54. The maximum atomic E-state index is 9.59. The van der Waals surface area contributed by atoms with Crippen molar-refractivity contribution in [3.8, 4) is 0 Å². The molecule has 4 nitrogen and oxygen atoms in total. The average Bonchev–Trinajstić information content (AvgIpc) is 3.57. The van der Waals surface area contributed by atoms with Crippen LogP contribution >= 0.6 is 17.9 Å². The molecule has 0 aliphatic carbocycles. The van der Waals surface area contributed by atoms with Crippen LogP contribution in [-0.2, 0) is 14.2 Å². The monoisotopic (exact) mass is 430 g/mol. The van der Waals surface area contributed by atoms with Crippen LogP contribution in [0.2, 0.25) is 0 Å². The first-order chi connectivity index (χ1) is 13.0. The summed E-state index contributed by atoms with van der Waals surface area (Å²) in [6, 6.07) is 0. The van der Waals surface area contributed by atoms with Crippen LogP contribution < -0.4 is 0 Å². The molecule has 0 aromatic carbocycles. The van der Waals surface area contributed by atoms with Crippen molar-refractivity contribution in [1.82, 2.24) is 0 Å². The summed E-state index contributed by atoms with van der Waals surface area (Å²) >= 11 is 0. The molecule has 0 radical (unpaired) electrons. The summed E-state index contributed by atoms with van der Waals surface area (Å²) in [4.78, 5) is 0. The van der Waals surface area contributed by atoms with Crippen LogP contribution in [-0.4, -0.2) is 47.3 Å². The fourth-order valence-corrected chi connectivity index (χ4v) is 4.05. The highest BCUT2D eigenvalue weighted by Gasteiger charge is 2.58. The van der Waals surface area contributed by atoms with Gasteiger partial charge in [0.05, 0.1) is 36.6 Å². The lowest BCUT2D eigenvalue weighted by molar-refractivity contribution is -0.139. The molecule has 0 amide bonds. The van der Waals surface area contributed by atoms with E-state index in [4.69, 9.17) is 14.2 Å². The summed E-state index contributed by atoms with van der Waals surface area (Å²) in [6.45, 7) is 23.3. The molecule has 3 fully saturated rings. The van der Waals surface area contributed by atoms with Crippen molar-refractivity contribution in [3.05, 3.63) is 37.5 Å². The van der Waals surface area contributed by atoms with Gasteiger partial charge >= 0.3 is 0 Å². The predicted octanol–water partition coefficient (Wildman–Crippen LogP) is 4.70. The summed E-state index contributed by atoms with van der Waals surface area (Å²) in [5.41, 5.74) is 0.961. The molecule has 1 N–H and O–H groups in total. The van der Waals surface area contributed by atoms with E-state index >= 15 is 0 Å². The lowest BCUT2D eigenvalue weighted by Gasteiger charge is -2.42. The van der Waals surface area contributed by atoms with Crippen LogP contribution in [0.15, 0.2) is 37.5 Å². The molecule has 2 unspecified atom stereocenters. The van der Waals surface area contributed by atoms with E-state index in [2.05, 4.69) is 58.4 Å². The summed E-state index contributed by atoms with van der Waals surface area (Å²) in [5, 5.41) is 9.59. The van der Waals surface area contributed by atoms with E-state index in [0.717, 1.165) is 31.6 Å². The van der Waals surface area contributed by atoms with Gasteiger partial charge in [0, 0.05) is 18.3 Å². The SMILES string of the molecule is C=C[C@@H](O)[C@@H](C)[C@@]1(CC(=C)C)CO1.C=C[C@H]1OC(C)(C)C[C@@]2(CO2)[C@@H]1C.PP. The highest BCUT2D eigenvalue weighted by atomic mass is 32.0. The number of ether oxygens (including phenoxy) is 3. The molecule has 3 saturated heterocycles. The number of aliphatic hydroxyl groups is 1. The van der Waals surface area contributed by atoms with E-state index in [-0.39, 0.29) is 28.8 Å². The fourth-order valence-electron chi connectivity index (χ4n) is 4.05. The average molecular weight is 431 g/mol. The normalized spacial score (nSPS) is 36.6. The second-order valence-electron chi connectivity index (χ2n) is 8.90. The Morgan fingerprint density at radius 3 is 2.14 bits per heavy atom. The number of epoxide rings is 2. The molecule has 3 heterocycles. The summed E-state index contributed by atoms with van der Waals surface area (Å²) in [6.07, 6.45) is 4.96. The van der Waals surface area contributed by atoms with Gasteiger partial charge in [0.1, 0.15) is 5.60 Å². The minimum absolute atomic E-state index is 0.0676. The molecular weight excluding hydrogens is 390 g/mol. The van der Waals surface area contributed by atoms with Crippen molar-refractivity contribution in [2.75, 3.05) is 13.2 Å². The molecule has 8 atom stereocenters. The van der Waals surface area contributed by atoms with E-state index in [0.29, 0.717) is 5.92 Å². The molecule has 1 spiro atoms. The molecule has 3 rings (SSSR count). The molecular formula is C22H40O4P2. The Balaban J connectivity index is 0.000000257. The Morgan fingerprint density at radius 2 is 1.79 bits per heavy atom. The summed E-state index contributed by atoms with van der Waals surface area (Å²) in [5.74, 6) is 0.541. The van der Waals surface area contributed by atoms with Gasteiger partial charge in [-0.25, -0.2) is 0 Å².